The van der Waals surface area contributed by atoms with Crippen LogP contribution in [0, 0.1) is 0 Å². The zero-order chi connectivity index (χ0) is 17.8. The van der Waals surface area contributed by atoms with Crippen LogP contribution >= 0.6 is 27.3 Å². The Bertz CT molecular complexity index is 730. The van der Waals surface area contributed by atoms with Crippen molar-refractivity contribution in [3.63, 3.8) is 0 Å². The van der Waals surface area contributed by atoms with E-state index in [0.29, 0.717) is 11.4 Å². The number of likely N-dealkylation sites (tertiary alicyclic amines) is 1. The number of nitrogens with one attached hydrogen (secondary N) is 1. The molecular formula is C19H21BrN2O2S. The van der Waals surface area contributed by atoms with Crippen LogP contribution in [0.4, 0.5) is 0 Å². The number of halogens is 1. The molecule has 1 N–H and O–H groups in total. The maximum absolute atomic E-state index is 12.8. The van der Waals surface area contributed by atoms with Gasteiger partial charge in [0, 0.05) is 11.0 Å². The molecule has 2 heterocycles. The molecule has 2 atom stereocenters. The van der Waals surface area contributed by atoms with Crippen LogP contribution in [0.5, 0.6) is 0 Å². The second kappa shape index (κ2) is 8.15. The van der Waals surface area contributed by atoms with Crippen molar-refractivity contribution in [2.24, 2.45) is 0 Å². The maximum atomic E-state index is 12.8. The maximum Gasteiger partial charge on any atom is 0.264 e. The monoisotopic (exact) mass is 420 g/mol. The Kier molecular flexibility index (Phi) is 5.91. The smallest absolute Gasteiger partial charge is 0.264 e. The van der Waals surface area contributed by atoms with Gasteiger partial charge in [-0.3, -0.25) is 9.59 Å². The number of hydrogen-bond donors (Lipinski definition) is 1. The van der Waals surface area contributed by atoms with Crippen LogP contribution in [0.3, 0.4) is 0 Å². The first kappa shape index (κ1) is 18.1. The minimum absolute atomic E-state index is 0.0360. The summed E-state index contributed by atoms with van der Waals surface area (Å²) >= 11 is 4.84. The van der Waals surface area contributed by atoms with Crippen molar-refractivity contribution in [1.82, 2.24) is 10.2 Å². The topological polar surface area (TPSA) is 49.4 Å². The molecule has 6 heteroatoms. The van der Waals surface area contributed by atoms with Crippen LogP contribution < -0.4 is 5.32 Å². The van der Waals surface area contributed by atoms with E-state index < -0.39 is 0 Å². The Morgan fingerprint density at radius 3 is 2.68 bits per heavy atom. The Hall–Kier alpha value is -1.66. The molecule has 0 spiro atoms. The highest BCUT2D eigenvalue weighted by molar-refractivity contribution is 9.10. The quantitative estimate of drug-likeness (QED) is 0.797. The van der Waals surface area contributed by atoms with Crippen molar-refractivity contribution in [2.45, 2.75) is 38.3 Å². The number of amides is 2. The molecule has 1 aliphatic heterocycles. The van der Waals surface area contributed by atoms with Gasteiger partial charge in [-0.15, -0.1) is 11.3 Å². The van der Waals surface area contributed by atoms with Crippen LogP contribution in [0.25, 0.3) is 0 Å². The lowest BCUT2D eigenvalue weighted by atomic mass is 10.00. The molecule has 2 aromatic rings. The normalized spacial score (nSPS) is 18.6. The summed E-state index contributed by atoms with van der Waals surface area (Å²) in [5.74, 6) is -0.105. The molecule has 3 rings (SSSR count). The van der Waals surface area contributed by atoms with E-state index in [2.05, 4.69) is 21.2 Å². The molecule has 132 valence electrons. The third-order valence-electron chi connectivity index (χ3n) is 4.53. The first-order valence-corrected chi connectivity index (χ1v) is 10.1. The summed E-state index contributed by atoms with van der Waals surface area (Å²) in [5.41, 5.74) is 1.04. The van der Waals surface area contributed by atoms with Crippen molar-refractivity contribution in [3.05, 3.63) is 56.7 Å². The number of carbonyl (C=O) groups is 2. The van der Waals surface area contributed by atoms with Crippen LogP contribution in [-0.2, 0) is 4.79 Å². The van der Waals surface area contributed by atoms with E-state index in [4.69, 9.17) is 0 Å². The van der Waals surface area contributed by atoms with Crippen LogP contribution in [-0.4, -0.2) is 29.3 Å². The van der Waals surface area contributed by atoms with Gasteiger partial charge >= 0.3 is 0 Å². The summed E-state index contributed by atoms with van der Waals surface area (Å²) in [6.45, 7) is 2.61. The fourth-order valence-electron chi connectivity index (χ4n) is 3.13. The summed E-state index contributed by atoms with van der Waals surface area (Å²) in [6.07, 6.45) is 2.64. The van der Waals surface area contributed by atoms with Gasteiger partial charge in [0.1, 0.15) is 6.04 Å². The molecule has 1 aliphatic rings. The molecule has 4 nitrogen and oxygen atoms in total. The molecule has 1 aromatic heterocycles. The van der Waals surface area contributed by atoms with E-state index in [-0.39, 0.29) is 23.9 Å². The fourth-order valence-corrected chi connectivity index (χ4v) is 4.08. The summed E-state index contributed by atoms with van der Waals surface area (Å²) in [7, 11) is 0. The van der Waals surface area contributed by atoms with Gasteiger partial charge in [-0.1, -0.05) is 34.1 Å². The van der Waals surface area contributed by atoms with Crippen molar-refractivity contribution < 1.29 is 9.59 Å². The second-order valence-electron chi connectivity index (χ2n) is 6.27. The number of nitrogens with zero attached hydrogens (tertiary/aromatic N) is 1. The predicted molar refractivity (Wildman–Crippen MR) is 104 cm³/mol. The van der Waals surface area contributed by atoms with Gasteiger partial charge in [-0.05, 0) is 55.3 Å². The lowest BCUT2D eigenvalue weighted by molar-refractivity contribution is -0.127. The van der Waals surface area contributed by atoms with Gasteiger partial charge in [0.05, 0.1) is 10.9 Å². The lowest BCUT2D eigenvalue weighted by Gasteiger charge is -2.35. The van der Waals surface area contributed by atoms with Crippen molar-refractivity contribution in [1.29, 1.82) is 0 Å². The predicted octanol–water partition coefficient (Wildman–Crippen LogP) is 4.38. The van der Waals surface area contributed by atoms with Crippen molar-refractivity contribution in [3.8, 4) is 0 Å². The molecular weight excluding hydrogens is 400 g/mol. The average Bonchev–Trinajstić information content (AvgIpc) is 3.16. The third-order valence-corrected chi connectivity index (χ3v) is 5.91. The van der Waals surface area contributed by atoms with E-state index >= 15 is 0 Å². The Labute approximate surface area is 160 Å². The second-order valence-corrected chi connectivity index (χ2v) is 8.13. The summed E-state index contributed by atoms with van der Waals surface area (Å²) < 4.78 is 1.01. The molecule has 0 bridgehead atoms. The minimum Gasteiger partial charge on any atom is -0.348 e. The summed E-state index contributed by atoms with van der Waals surface area (Å²) in [5, 5.41) is 4.96. The molecule has 2 amide bonds. The SMILES string of the molecule is CC(NC(=O)C1CCCCN1C(=O)c1cccs1)c1ccc(Br)cc1. The van der Waals surface area contributed by atoms with E-state index in [1.807, 2.05) is 48.7 Å². The first-order chi connectivity index (χ1) is 12.1. The average molecular weight is 421 g/mol. The number of carbonyl (C=O) groups excluding carboxylic acids is 2. The third kappa shape index (κ3) is 4.30. The summed E-state index contributed by atoms with van der Waals surface area (Å²) in [6, 6.07) is 11.1. The first-order valence-electron chi connectivity index (χ1n) is 8.46. The number of rotatable bonds is 4. The van der Waals surface area contributed by atoms with E-state index in [9.17, 15) is 9.59 Å². The minimum atomic E-state index is -0.388. The van der Waals surface area contributed by atoms with Gasteiger partial charge < -0.3 is 10.2 Å². The zero-order valence-electron chi connectivity index (χ0n) is 14.1. The van der Waals surface area contributed by atoms with E-state index in [1.54, 1.807) is 4.90 Å². The van der Waals surface area contributed by atoms with E-state index in [1.165, 1.54) is 11.3 Å². The number of piperidine rings is 1. The lowest BCUT2D eigenvalue weighted by Crippen LogP contribution is -2.52. The molecule has 0 saturated carbocycles. The van der Waals surface area contributed by atoms with Crippen molar-refractivity contribution >= 4 is 39.1 Å². The largest absolute Gasteiger partial charge is 0.348 e. The number of benzene rings is 1. The highest BCUT2D eigenvalue weighted by atomic mass is 79.9. The highest BCUT2D eigenvalue weighted by Crippen LogP contribution is 2.23. The molecule has 1 aromatic carbocycles. The van der Waals surface area contributed by atoms with Crippen LogP contribution in [0.2, 0.25) is 0 Å². The van der Waals surface area contributed by atoms with Gasteiger partial charge in [0.2, 0.25) is 5.91 Å². The zero-order valence-corrected chi connectivity index (χ0v) is 16.5. The van der Waals surface area contributed by atoms with Gasteiger partial charge in [0.25, 0.3) is 5.91 Å². The van der Waals surface area contributed by atoms with Gasteiger partial charge in [0.15, 0.2) is 0 Å². The van der Waals surface area contributed by atoms with Crippen molar-refractivity contribution in [2.75, 3.05) is 6.54 Å². The molecule has 25 heavy (non-hydrogen) atoms. The number of thiophene rings is 1. The highest BCUT2D eigenvalue weighted by Gasteiger charge is 2.33. The van der Waals surface area contributed by atoms with Crippen LogP contribution in [0.1, 0.15) is 47.5 Å². The standard InChI is InChI=1S/C19H21BrN2O2S/c1-13(14-7-9-15(20)10-8-14)21-18(23)16-5-2-3-11-22(16)19(24)17-6-4-12-25-17/h4,6-10,12-13,16H,2-3,5,11H2,1H3,(H,21,23). The molecule has 2 unspecified atom stereocenters. The molecule has 1 saturated heterocycles. The van der Waals surface area contributed by atoms with Crippen LogP contribution in [0.15, 0.2) is 46.3 Å². The Morgan fingerprint density at radius 2 is 2.00 bits per heavy atom. The number of hydrogen-bond acceptors (Lipinski definition) is 3. The Balaban J connectivity index is 1.70. The molecule has 0 radical (unpaired) electrons. The van der Waals surface area contributed by atoms with Gasteiger partial charge in [-0.25, -0.2) is 0 Å². The molecule has 1 fully saturated rings. The van der Waals surface area contributed by atoms with E-state index in [0.717, 1.165) is 29.3 Å². The fraction of sp³-hybridized carbons (Fsp3) is 0.368. The summed E-state index contributed by atoms with van der Waals surface area (Å²) in [4.78, 5) is 28.0. The van der Waals surface area contributed by atoms with Gasteiger partial charge in [-0.2, -0.15) is 0 Å². The Morgan fingerprint density at radius 1 is 1.24 bits per heavy atom. The molecule has 0 aliphatic carbocycles.